The minimum absolute atomic E-state index is 0.00127. The van der Waals surface area contributed by atoms with Gasteiger partial charge in [-0.25, -0.2) is 13.1 Å². The van der Waals surface area contributed by atoms with Crippen LogP contribution in [-0.2, 0) is 16.6 Å². The van der Waals surface area contributed by atoms with Crippen molar-refractivity contribution in [2.24, 2.45) is 0 Å². The molecule has 3 aromatic rings. The molecule has 0 heterocycles. The van der Waals surface area contributed by atoms with Gasteiger partial charge in [-0.1, -0.05) is 48.0 Å². The number of anilines is 1. The molecule has 156 valence electrons. The van der Waals surface area contributed by atoms with Crippen molar-refractivity contribution in [1.82, 2.24) is 4.72 Å². The number of hydrogen-bond donors (Lipinski definition) is 2. The van der Waals surface area contributed by atoms with E-state index in [1.54, 1.807) is 61.5 Å². The van der Waals surface area contributed by atoms with Gasteiger partial charge in [-0.05, 0) is 48.9 Å². The molecule has 0 saturated carbocycles. The number of carbonyl (C=O) groups is 1. The van der Waals surface area contributed by atoms with E-state index in [-0.39, 0.29) is 23.0 Å². The third-order valence-corrected chi connectivity index (χ3v) is 6.02. The lowest BCUT2D eigenvalue weighted by Gasteiger charge is -2.14. The highest BCUT2D eigenvalue weighted by atomic mass is 35.5. The second-order valence-corrected chi connectivity index (χ2v) is 8.50. The summed E-state index contributed by atoms with van der Waals surface area (Å²) in [5, 5.41) is 3.20. The Hall–Kier alpha value is -2.87. The van der Waals surface area contributed by atoms with Crippen molar-refractivity contribution in [3.05, 3.63) is 88.9 Å². The number of sulfonamides is 1. The Labute approximate surface area is 180 Å². The first-order valence-electron chi connectivity index (χ1n) is 9.27. The molecule has 1 amide bonds. The molecular weight excluding hydrogens is 424 g/mol. The van der Waals surface area contributed by atoms with E-state index < -0.39 is 10.0 Å². The van der Waals surface area contributed by atoms with Gasteiger partial charge in [-0.15, -0.1) is 0 Å². The Morgan fingerprint density at radius 1 is 1.00 bits per heavy atom. The van der Waals surface area contributed by atoms with Crippen LogP contribution in [0.5, 0.6) is 5.75 Å². The highest BCUT2D eigenvalue weighted by molar-refractivity contribution is 7.89. The van der Waals surface area contributed by atoms with Crippen molar-refractivity contribution in [2.75, 3.05) is 11.9 Å². The Kier molecular flexibility index (Phi) is 7.10. The predicted octanol–water partition coefficient (Wildman–Crippen LogP) is 4.47. The summed E-state index contributed by atoms with van der Waals surface area (Å²) in [5.74, 6) is 0.0157. The summed E-state index contributed by atoms with van der Waals surface area (Å²) < 4.78 is 33.6. The van der Waals surface area contributed by atoms with Gasteiger partial charge in [0.25, 0.3) is 5.91 Å². The second kappa shape index (κ2) is 9.75. The van der Waals surface area contributed by atoms with Crippen LogP contribution in [0.1, 0.15) is 22.8 Å². The van der Waals surface area contributed by atoms with Crippen LogP contribution in [0.2, 0.25) is 5.02 Å². The van der Waals surface area contributed by atoms with E-state index in [4.69, 9.17) is 16.3 Å². The summed E-state index contributed by atoms with van der Waals surface area (Å²) in [5.41, 5.74) is 1.38. The molecule has 0 radical (unpaired) electrons. The van der Waals surface area contributed by atoms with Gasteiger partial charge in [0.05, 0.1) is 17.2 Å². The molecule has 0 aliphatic carbocycles. The average Bonchev–Trinajstić information content (AvgIpc) is 2.75. The van der Waals surface area contributed by atoms with Crippen LogP contribution in [0.15, 0.2) is 77.7 Å². The SMILES string of the molecule is CCOc1ccc(S(=O)(=O)NCc2ccccc2Cl)cc1NC(=O)c1ccccc1. The summed E-state index contributed by atoms with van der Waals surface area (Å²) in [4.78, 5) is 12.5. The van der Waals surface area contributed by atoms with Crippen LogP contribution in [0.4, 0.5) is 5.69 Å². The molecule has 0 spiro atoms. The van der Waals surface area contributed by atoms with E-state index >= 15 is 0 Å². The van der Waals surface area contributed by atoms with Gasteiger partial charge < -0.3 is 10.1 Å². The summed E-state index contributed by atoms with van der Waals surface area (Å²) in [6, 6.07) is 20.0. The summed E-state index contributed by atoms with van der Waals surface area (Å²) in [6.45, 7) is 2.21. The topological polar surface area (TPSA) is 84.5 Å². The molecule has 2 N–H and O–H groups in total. The zero-order valence-corrected chi connectivity index (χ0v) is 17.8. The van der Waals surface area contributed by atoms with Crippen molar-refractivity contribution >= 4 is 33.2 Å². The number of carbonyl (C=O) groups excluding carboxylic acids is 1. The molecule has 0 saturated heterocycles. The lowest BCUT2D eigenvalue weighted by molar-refractivity contribution is 0.102. The maximum atomic E-state index is 12.8. The van der Waals surface area contributed by atoms with Crippen LogP contribution >= 0.6 is 11.6 Å². The summed E-state index contributed by atoms with van der Waals surface area (Å²) >= 11 is 6.10. The number of nitrogens with one attached hydrogen (secondary N) is 2. The minimum Gasteiger partial charge on any atom is -0.492 e. The highest BCUT2D eigenvalue weighted by Crippen LogP contribution is 2.28. The van der Waals surface area contributed by atoms with Crippen molar-refractivity contribution in [3.63, 3.8) is 0 Å². The lowest BCUT2D eigenvalue weighted by atomic mass is 10.2. The first kappa shape index (κ1) is 21.8. The number of hydrogen-bond acceptors (Lipinski definition) is 4. The maximum absolute atomic E-state index is 12.8. The quantitative estimate of drug-likeness (QED) is 0.536. The molecule has 0 aliphatic heterocycles. The fourth-order valence-electron chi connectivity index (χ4n) is 2.74. The zero-order chi connectivity index (χ0) is 21.6. The minimum atomic E-state index is -3.85. The number of ether oxygens (including phenoxy) is 1. The van der Waals surface area contributed by atoms with Crippen molar-refractivity contribution in [1.29, 1.82) is 0 Å². The normalized spacial score (nSPS) is 11.1. The van der Waals surface area contributed by atoms with Gasteiger partial charge in [0.2, 0.25) is 10.0 Å². The Balaban J connectivity index is 1.85. The fraction of sp³-hybridized carbons (Fsp3) is 0.136. The zero-order valence-electron chi connectivity index (χ0n) is 16.3. The van der Waals surface area contributed by atoms with Crippen LogP contribution in [-0.4, -0.2) is 20.9 Å². The number of rotatable bonds is 8. The average molecular weight is 445 g/mol. The van der Waals surface area contributed by atoms with Crippen molar-refractivity contribution in [3.8, 4) is 5.75 Å². The van der Waals surface area contributed by atoms with E-state index in [0.29, 0.717) is 28.5 Å². The van der Waals surface area contributed by atoms with Crippen LogP contribution in [0.25, 0.3) is 0 Å². The summed E-state index contributed by atoms with van der Waals surface area (Å²) in [7, 11) is -3.85. The lowest BCUT2D eigenvalue weighted by Crippen LogP contribution is -2.23. The number of amides is 1. The molecule has 3 aromatic carbocycles. The Morgan fingerprint density at radius 3 is 2.40 bits per heavy atom. The molecule has 0 fully saturated rings. The van der Waals surface area contributed by atoms with Gasteiger partial charge in [-0.3, -0.25) is 4.79 Å². The molecule has 0 atom stereocenters. The van der Waals surface area contributed by atoms with E-state index in [2.05, 4.69) is 10.0 Å². The van der Waals surface area contributed by atoms with Crippen molar-refractivity contribution in [2.45, 2.75) is 18.4 Å². The summed E-state index contributed by atoms with van der Waals surface area (Å²) in [6.07, 6.45) is 0. The molecule has 0 unspecified atom stereocenters. The Morgan fingerprint density at radius 2 is 1.70 bits per heavy atom. The maximum Gasteiger partial charge on any atom is 0.255 e. The largest absolute Gasteiger partial charge is 0.492 e. The van der Waals surface area contributed by atoms with Gasteiger partial charge in [0, 0.05) is 17.1 Å². The van der Waals surface area contributed by atoms with E-state index in [0.717, 1.165) is 0 Å². The van der Waals surface area contributed by atoms with Gasteiger partial charge in [-0.2, -0.15) is 0 Å². The van der Waals surface area contributed by atoms with E-state index in [1.165, 1.54) is 18.2 Å². The molecule has 3 rings (SSSR count). The molecule has 30 heavy (non-hydrogen) atoms. The molecule has 8 heteroatoms. The standard InChI is InChI=1S/C22H21ClN2O4S/c1-2-29-21-13-12-18(14-20(21)25-22(26)16-8-4-3-5-9-16)30(27,28)24-15-17-10-6-7-11-19(17)23/h3-14,24H,2,15H2,1H3,(H,25,26). The molecular formula is C22H21ClN2O4S. The third kappa shape index (κ3) is 5.38. The van der Waals surface area contributed by atoms with E-state index in [9.17, 15) is 13.2 Å². The van der Waals surface area contributed by atoms with Gasteiger partial charge in [0.1, 0.15) is 5.75 Å². The van der Waals surface area contributed by atoms with Gasteiger partial charge in [0.15, 0.2) is 0 Å². The Bertz CT molecular complexity index is 1130. The van der Waals surface area contributed by atoms with E-state index in [1.807, 2.05) is 0 Å². The third-order valence-electron chi connectivity index (χ3n) is 4.26. The smallest absolute Gasteiger partial charge is 0.255 e. The van der Waals surface area contributed by atoms with Crippen LogP contribution < -0.4 is 14.8 Å². The fourth-order valence-corrected chi connectivity index (χ4v) is 3.97. The highest BCUT2D eigenvalue weighted by Gasteiger charge is 2.18. The predicted molar refractivity (Wildman–Crippen MR) is 117 cm³/mol. The monoisotopic (exact) mass is 444 g/mol. The van der Waals surface area contributed by atoms with Crippen LogP contribution in [0, 0.1) is 0 Å². The molecule has 0 aromatic heterocycles. The second-order valence-electron chi connectivity index (χ2n) is 6.33. The first-order chi connectivity index (χ1) is 14.4. The molecule has 0 bridgehead atoms. The number of halogens is 1. The van der Waals surface area contributed by atoms with Crippen LogP contribution in [0.3, 0.4) is 0 Å². The van der Waals surface area contributed by atoms with Gasteiger partial charge >= 0.3 is 0 Å². The van der Waals surface area contributed by atoms with Crippen molar-refractivity contribution < 1.29 is 17.9 Å². The first-order valence-corrected chi connectivity index (χ1v) is 11.1. The molecule has 0 aliphatic rings. The number of benzene rings is 3. The molecule has 6 nitrogen and oxygen atoms in total.